The summed E-state index contributed by atoms with van der Waals surface area (Å²) in [6.45, 7) is 0. The van der Waals surface area contributed by atoms with Crippen LogP contribution < -0.4 is 4.74 Å². The molecule has 0 amide bonds. The average Bonchev–Trinajstić information content (AvgIpc) is 3.15. The van der Waals surface area contributed by atoms with Crippen molar-refractivity contribution in [1.29, 1.82) is 0 Å². The van der Waals surface area contributed by atoms with E-state index in [0.717, 1.165) is 0 Å². The minimum atomic E-state index is -0.652. The largest absolute Gasteiger partial charge is 0.423 e. The van der Waals surface area contributed by atoms with Crippen LogP contribution >= 0.6 is 11.6 Å². The molecule has 0 unspecified atom stereocenters. The molecule has 0 aromatic heterocycles. The van der Waals surface area contributed by atoms with Gasteiger partial charge in [0.2, 0.25) is 5.90 Å². The van der Waals surface area contributed by atoms with Crippen LogP contribution in [0.1, 0.15) is 21.5 Å². The molecular formula is C23H13ClN2O6. The van der Waals surface area contributed by atoms with Gasteiger partial charge in [0.1, 0.15) is 5.75 Å². The first-order chi connectivity index (χ1) is 15.4. The highest BCUT2D eigenvalue weighted by atomic mass is 35.5. The van der Waals surface area contributed by atoms with Crippen molar-refractivity contribution < 1.29 is 24.0 Å². The van der Waals surface area contributed by atoms with Crippen LogP contribution in [0.4, 0.5) is 5.69 Å². The first kappa shape index (κ1) is 21.0. The molecule has 1 aliphatic rings. The Morgan fingerprint density at radius 2 is 1.78 bits per heavy atom. The van der Waals surface area contributed by atoms with E-state index in [9.17, 15) is 19.7 Å². The number of carbonyl (C=O) groups excluding carboxylic acids is 2. The molecule has 3 aromatic carbocycles. The summed E-state index contributed by atoms with van der Waals surface area (Å²) in [4.78, 5) is 38.7. The molecule has 158 valence electrons. The zero-order chi connectivity index (χ0) is 22.7. The Bertz CT molecular complexity index is 1280. The van der Waals surface area contributed by atoms with Crippen molar-refractivity contribution in [2.75, 3.05) is 0 Å². The summed E-state index contributed by atoms with van der Waals surface area (Å²) >= 11 is 5.96. The fourth-order valence-electron chi connectivity index (χ4n) is 2.83. The number of benzene rings is 3. The predicted octanol–water partition coefficient (Wildman–Crippen LogP) is 4.81. The van der Waals surface area contributed by atoms with Crippen LogP contribution in [0, 0.1) is 10.1 Å². The molecule has 0 atom stereocenters. The Labute approximate surface area is 186 Å². The molecule has 0 aliphatic carbocycles. The summed E-state index contributed by atoms with van der Waals surface area (Å²) in [6.07, 6.45) is 1.54. The minimum absolute atomic E-state index is 0.120. The zero-order valence-corrected chi connectivity index (χ0v) is 17.0. The third kappa shape index (κ3) is 4.71. The quantitative estimate of drug-likeness (QED) is 0.182. The molecule has 0 N–H and O–H groups in total. The number of carbonyl (C=O) groups is 2. The Morgan fingerprint density at radius 3 is 2.44 bits per heavy atom. The van der Waals surface area contributed by atoms with E-state index in [4.69, 9.17) is 21.1 Å². The molecule has 1 heterocycles. The number of non-ortho nitro benzene ring substituents is 1. The van der Waals surface area contributed by atoms with Crippen molar-refractivity contribution in [2.45, 2.75) is 0 Å². The lowest BCUT2D eigenvalue weighted by molar-refractivity contribution is -0.384. The Hall–Kier alpha value is -4.30. The summed E-state index contributed by atoms with van der Waals surface area (Å²) in [5.74, 6) is -0.806. The molecule has 32 heavy (non-hydrogen) atoms. The highest BCUT2D eigenvalue weighted by Gasteiger charge is 2.24. The molecular weight excluding hydrogens is 436 g/mol. The van der Waals surface area contributed by atoms with Crippen LogP contribution in [0.2, 0.25) is 5.02 Å². The monoisotopic (exact) mass is 448 g/mol. The van der Waals surface area contributed by atoms with E-state index in [0.29, 0.717) is 16.1 Å². The van der Waals surface area contributed by atoms with Crippen molar-refractivity contribution in [3.63, 3.8) is 0 Å². The molecule has 3 aromatic rings. The molecule has 8 nitrogen and oxygen atoms in total. The number of ether oxygens (including phenoxy) is 2. The van der Waals surface area contributed by atoms with E-state index in [-0.39, 0.29) is 28.6 Å². The van der Waals surface area contributed by atoms with E-state index in [2.05, 4.69) is 4.99 Å². The lowest BCUT2D eigenvalue weighted by Gasteiger charge is -2.04. The summed E-state index contributed by atoms with van der Waals surface area (Å²) < 4.78 is 10.5. The summed E-state index contributed by atoms with van der Waals surface area (Å²) in [6, 6.07) is 18.3. The van der Waals surface area contributed by atoms with Crippen LogP contribution in [0.25, 0.3) is 6.08 Å². The second-order valence-corrected chi connectivity index (χ2v) is 7.05. The van der Waals surface area contributed by atoms with Crippen molar-refractivity contribution in [3.8, 4) is 5.75 Å². The van der Waals surface area contributed by atoms with Crippen LogP contribution in [0.15, 0.2) is 83.5 Å². The molecule has 0 fully saturated rings. The number of nitro groups is 1. The van der Waals surface area contributed by atoms with Gasteiger partial charge in [0.05, 0.1) is 10.5 Å². The van der Waals surface area contributed by atoms with Gasteiger partial charge in [-0.2, -0.15) is 0 Å². The Morgan fingerprint density at radius 1 is 1.06 bits per heavy atom. The van der Waals surface area contributed by atoms with Gasteiger partial charge in [-0.3, -0.25) is 10.1 Å². The molecule has 0 spiro atoms. The molecule has 0 radical (unpaired) electrons. The number of aliphatic imine (C=N–C) groups is 1. The molecule has 4 rings (SSSR count). The highest BCUT2D eigenvalue weighted by Crippen LogP contribution is 2.22. The summed E-state index contributed by atoms with van der Waals surface area (Å²) in [5, 5.41) is 11.2. The fraction of sp³-hybridized carbons (Fsp3) is 0. The van der Waals surface area contributed by atoms with Gasteiger partial charge in [-0.05, 0) is 54.1 Å². The second-order valence-electron chi connectivity index (χ2n) is 6.61. The predicted molar refractivity (Wildman–Crippen MR) is 117 cm³/mol. The third-order valence-corrected chi connectivity index (χ3v) is 4.64. The maximum atomic E-state index is 12.2. The van der Waals surface area contributed by atoms with Crippen LogP contribution in [-0.2, 0) is 9.53 Å². The number of rotatable bonds is 5. The summed E-state index contributed by atoms with van der Waals surface area (Å²) in [7, 11) is 0. The number of halogens is 1. The van der Waals surface area contributed by atoms with Gasteiger partial charge < -0.3 is 9.47 Å². The average molecular weight is 449 g/mol. The lowest BCUT2D eigenvalue weighted by atomic mass is 10.2. The van der Waals surface area contributed by atoms with Gasteiger partial charge in [-0.15, -0.1) is 0 Å². The van der Waals surface area contributed by atoms with E-state index < -0.39 is 16.9 Å². The molecule has 0 saturated carbocycles. The first-order valence-corrected chi connectivity index (χ1v) is 9.62. The van der Waals surface area contributed by atoms with Crippen LogP contribution in [-0.4, -0.2) is 22.8 Å². The fourth-order valence-corrected chi connectivity index (χ4v) is 3.02. The van der Waals surface area contributed by atoms with Gasteiger partial charge in [0, 0.05) is 22.7 Å². The summed E-state index contributed by atoms with van der Waals surface area (Å²) in [5.41, 5.74) is 1.41. The third-order valence-electron chi connectivity index (χ3n) is 4.40. The molecule has 1 aliphatic heterocycles. The van der Waals surface area contributed by atoms with Crippen molar-refractivity contribution >= 4 is 41.2 Å². The number of nitrogens with zero attached hydrogens (tertiary/aromatic N) is 2. The van der Waals surface area contributed by atoms with Gasteiger partial charge >= 0.3 is 11.9 Å². The standard InChI is InChI=1S/C23H13ClN2O6/c24-17-3-1-2-16(13-17)21-25-20(23(28)32-21)12-14-4-10-19(11-5-14)31-22(27)15-6-8-18(9-7-15)26(29)30/h1-13H/b20-12+. The number of esters is 2. The van der Waals surface area contributed by atoms with E-state index >= 15 is 0 Å². The smallest absolute Gasteiger partial charge is 0.363 e. The van der Waals surface area contributed by atoms with E-state index in [1.807, 2.05) is 0 Å². The Balaban J connectivity index is 1.46. The van der Waals surface area contributed by atoms with Crippen molar-refractivity contribution in [1.82, 2.24) is 0 Å². The number of hydrogen-bond acceptors (Lipinski definition) is 7. The maximum Gasteiger partial charge on any atom is 0.363 e. The lowest BCUT2D eigenvalue weighted by Crippen LogP contribution is -2.08. The van der Waals surface area contributed by atoms with E-state index in [1.54, 1.807) is 54.6 Å². The van der Waals surface area contributed by atoms with Crippen LogP contribution in [0.3, 0.4) is 0 Å². The number of nitro benzene ring substituents is 1. The molecule has 0 saturated heterocycles. The van der Waals surface area contributed by atoms with E-state index in [1.165, 1.54) is 24.3 Å². The highest BCUT2D eigenvalue weighted by molar-refractivity contribution is 6.31. The SMILES string of the molecule is O=C1OC(c2cccc(Cl)c2)=N/C1=C/c1ccc(OC(=O)c2ccc([N+](=O)[O-])cc2)cc1. The van der Waals surface area contributed by atoms with Crippen molar-refractivity contribution in [3.05, 3.63) is 110 Å². The zero-order valence-electron chi connectivity index (χ0n) is 16.2. The Kier molecular flexibility index (Phi) is 5.78. The first-order valence-electron chi connectivity index (χ1n) is 9.24. The molecule has 9 heteroatoms. The topological polar surface area (TPSA) is 108 Å². The van der Waals surface area contributed by atoms with Crippen LogP contribution in [0.5, 0.6) is 5.75 Å². The minimum Gasteiger partial charge on any atom is -0.423 e. The molecule has 0 bridgehead atoms. The number of cyclic esters (lactones) is 1. The number of hydrogen-bond donors (Lipinski definition) is 0. The second kappa shape index (κ2) is 8.83. The van der Waals surface area contributed by atoms with Gasteiger partial charge in [-0.1, -0.05) is 29.8 Å². The normalized spacial score (nSPS) is 14.1. The van der Waals surface area contributed by atoms with Gasteiger partial charge in [0.15, 0.2) is 5.70 Å². The van der Waals surface area contributed by atoms with Crippen molar-refractivity contribution in [2.24, 2.45) is 4.99 Å². The van der Waals surface area contributed by atoms with Gasteiger partial charge in [0.25, 0.3) is 5.69 Å². The van der Waals surface area contributed by atoms with Gasteiger partial charge in [-0.25, -0.2) is 14.6 Å². The maximum absolute atomic E-state index is 12.2.